The summed E-state index contributed by atoms with van der Waals surface area (Å²) in [6.07, 6.45) is 2.62. The van der Waals surface area contributed by atoms with Crippen molar-refractivity contribution in [2.45, 2.75) is 26.8 Å². The maximum Gasteiger partial charge on any atom is 0.257 e. The lowest BCUT2D eigenvalue weighted by molar-refractivity contribution is 0.358. The fraction of sp³-hybridized carbons (Fsp3) is 0.227. The quantitative estimate of drug-likeness (QED) is 0.723. The average Bonchev–Trinajstić information content (AvgIpc) is 3.10. The molecule has 0 radical (unpaired) electrons. The first-order chi connectivity index (χ1) is 12.1. The summed E-state index contributed by atoms with van der Waals surface area (Å²) in [7, 11) is 0. The van der Waals surface area contributed by atoms with E-state index in [-0.39, 0.29) is 5.56 Å². The lowest BCUT2D eigenvalue weighted by Crippen LogP contribution is -2.23. The molecule has 3 heteroatoms. The van der Waals surface area contributed by atoms with E-state index in [0.29, 0.717) is 19.6 Å². The molecule has 0 bridgehead atoms. The Morgan fingerprint density at radius 2 is 1.60 bits per heavy atom. The second-order valence-corrected chi connectivity index (χ2v) is 6.73. The molecule has 1 aromatic heterocycles. The van der Waals surface area contributed by atoms with Gasteiger partial charge in [-0.1, -0.05) is 59.7 Å². The lowest BCUT2D eigenvalue weighted by atomic mass is 10.0. The molecule has 1 aliphatic heterocycles. The van der Waals surface area contributed by atoms with Crippen molar-refractivity contribution >= 4 is 0 Å². The van der Waals surface area contributed by atoms with E-state index >= 15 is 0 Å². The molecule has 0 saturated heterocycles. The Bertz CT molecular complexity index is 967. The third-order valence-electron chi connectivity index (χ3n) is 4.76. The summed E-state index contributed by atoms with van der Waals surface area (Å²) in [4.78, 5) is 12.9. The second-order valence-electron chi connectivity index (χ2n) is 6.73. The van der Waals surface area contributed by atoms with Gasteiger partial charge in [0.25, 0.3) is 5.56 Å². The van der Waals surface area contributed by atoms with E-state index in [1.807, 2.05) is 10.8 Å². The third-order valence-corrected chi connectivity index (χ3v) is 4.76. The van der Waals surface area contributed by atoms with Crippen LogP contribution in [0.1, 0.15) is 22.3 Å². The minimum Gasteiger partial charge on any atom is -0.492 e. The summed E-state index contributed by atoms with van der Waals surface area (Å²) in [6, 6.07) is 16.7. The molecule has 2 heterocycles. The predicted molar refractivity (Wildman–Crippen MR) is 100 cm³/mol. The van der Waals surface area contributed by atoms with Gasteiger partial charge >= 0.3 is 0 Å². The average molecular weight is 331 g/mol. The molecule has 4 rings (SSSR count). The number of aromatic nitrogens is 1. The summed E-state index contributed by atoms with van der Waals surface area (Å²) >= 11 is 0. The van der Waals surface area contributed by atoms with Crippen LogP contribution in [-0.2, 0) is 13.0 Å². The second kappa shape index (κ2) is 6.25. The number of benzene rings is 2. The normalized spacial score (nSPS) is 12.7. The molecule has 0 N–H and O–H groups in total. The van der Waals surface area contributed by atoms with Gasteiger partial charge in [-0.15, -0.1) is 0 Å². The van der Waals surface area contributed by atoms with Gasteiger partial charge in [0.2, 0.25) is 0 Å². The van der Waals surface area contributed by atoms with Gasteiger partial charge in [0.1, 0.15) is 5.75 Å². The molecule has 0 unspecified atom stereocenters. The predicted octanol–water partition coefficient (Wildman–Crippen LogP) is 4.12. The summed E-state index contributed by atoms with van der Waals surface area (Å²) in [6.45, 7) is 5.30. The molecule has 0 saturated carbocycles. The van der Waals surface area contributed by atoms with Crippen molar-refractivity contribution in [1.82, 2.24) is 4.57 Å². The largest absolute Gasteiger partial charge is 0.492 e. The van der Waals surface area contributed by atoms with Crippen molar-refractivity contribution < 1.29 is 4.74 Å². The Balaban J connectivity index is 1.82. The minimum absolute atomic E-state index is 0.0592. The Kier molecular flexibility index (Phi) is 3.92. The topological polar surface area (TPSA) is 31.2 Å². The Morgan fingerprint density at radius 3 is 2.28 bits per heavy atom. The first kappa shape index (κ1) is 15.7. The van der Waals surface area contributed by atoms with Crippen molar-refractivity contribution in [2.75, 3.05) is 6.61 Å². The molecule has 2 aromatic carbocycles. The summed E-state index contributed by atoms with van der Waals surface area (Å²) in [5.41, 5.74) is 6.50. The molecule has 1 aliphatic rings. The molecular formula is C22H21NO2. The van der Waals surface area contributed by atoms with Gasteiger partial charge in [0.05, 0.1) is 18.7 Å². The van der Waals surface area contributed by atoms with E-state index < -0.39 is 0 Å². The van der Waals surface area contributed by atoms with Crippen LogP contribution in [0, 0.1) is 13.8 Å². The Labute approximate surface area is 147 Å². The zero-order valence-corrected chi connectivity index (χ0v) is 14.6. The van der Waals surface area contributed by atoms with E-state index in [2.05, 4.69) is 62.4 Å². The zero-order valence-electron chi connectivity index (χ0n) is 14.6. The first-order valence-corrected chi connectivity index (χ1v) is 8.63. The standard InChI is InChI=1S/C22H21NO2/c1-15-3-7-17(8-4-15)13-23-14-20(18-9-5-16(2)6-10-18)21-19(22(23)24)11-12-25-21/h3-10,14H,11-13H2,1-2H3. The van der Waals surface area contributed by atoms with Crippen LogP contribution in [0.5, 0.6) is 5.75 Å². The highest BCUT2D eigenvalue weighted by atomic mass is 16.5. The van der Waals surface area contributed by atoms with Crippen molar-refractivity contribution in [3.05, 3.63) is 87.3 Å². The van der Waals surface area contributed by atoms with Crippen LogP contribution in [0.2, 0.25) is 0 Å². The van der Waals surface area contributed by atoms with Crippen molar-refractivity contribution in [3.63, 3.8) is 0 Å². The summed E-state index contributed by atoms with van der Waals surface area (Å²) < 4.78 is 7.62. The van der Waals surface area contributed by atoms with Crippen LogP contribution < -0.4 is 10.3 Å². The smallest absolute Gasteiger partial charge is 0.257 e. The van der Waals surface area contributed by atoms with Crippen LogP contribution in [0.3, 0.4) is 0 Å². The summed E-state index contributed by atoms with van der Waals surface area (Å²) in [5.74, 6) is 0.758. The van der Waals surface area contributed by atoms with Crippen LogP contribution in [0.15, 0.2) is 59.5 Å². The fourth-order valence-corrected chi connectivity index (χ4v) is 3.29. The lowest BCUT2D eigenvalue weighted by Gasteiger charge is -2.14. The highest BCUT2D eigenvalue weighted by molar-refractivity contribution is 5.72. The molecule has 0 spiro atoms. The van der Waals surface area contributed by atoms with Crippen LogP contribution >= 0.6 is 0 Å². The highest BCUT2D eigenvalue weighted by Gasteiger charge is 2.23. The molecule has 25 heavy (non-hydrogen) atoms. The van der Waals surface area contributed by atoms with E-state index in [1.165, 1.54) is 11.1 Å². The van der Waals surface area contributed by atoms with Crippen molar-refractivity contribution in [3.8, 4) is 16.9 Å². The van der Waals surface area contributed by atoms with E-state index in [1.54, 1.807) is 0 Å². The van der Waals surface area contributed by atoms with E-state index in [4.69, 9.17) is 4.74 Å². The van der Waals surface area contributed by atoms with Gasteiger partial charge < -0.3 is 9.30 Å². The van der Waals surface area contributed by atoms with Gasteiger partial charge in [-0.2, -0.15) is 0 Å². The number of pyridine rings is 1. The molecule has 0 amide bonds. The number of rotatable bonds is 3. The number of fused-ring (bicyclic) bond motifs is 1. The van der Waals surface area contributed by atoms with Gasteiger partial charge in [0.15, 0.2) is 0 Å². The first-order valence-electron chi connectivity index (χ1n) is 8.63. The van der Waals surface area contributed by atoms with E-state index in [9.17, 15) is 4.79 Å². The van der Waals surface area contributed by atoms with E-state index in [0.717, 1.165) is 28.0 Å². The van der Waals surface area contributed by atoms with Gasteiger partial charge in [-0.05, 0) is 25.0 Å². The number of nitrogens with zero attached hydrogens (tertiary/aromatic N) is 1. The number of ether oxygens (including phenoxy) is 1. The van der Waals surface area contributed by atoms with Crippen molar-refractivity contribution in [1.29, 1.82) is 0 Å². The fourth-order valence-electron chi connectivity index (χ4n) is 3.29. The molecule has 0 fully saturated rings. The molecular weight excluding hydrogens is 310 g/mol. The molecule has 126 valence electrons. The maximum absolute atomic E-state index is 12.9. The highest BCUT2D eigenvalue weighted by Crippen LogP contribution is 2.35. The molecule has 0 atom stereocenters. The van der Waals surface area contributed by atoms with Crippen LogP contribution in [-0.4, -0.2) is 11.2 Å². The Hall–Kier alpha value is -2.81. The van der Waals surface area contributed by atoms with Crippen molar-refractivity contribution in [2.24, 2.45) is 0 Å². The van der Waals surface area contributed by atoms with Gasteiger partial charge in [-0.25, -0.2) is 0 Å². The number of hydrogen-bond acceptors (Lipinski definition) is 2. The SMILES string of the molecule is Cc1ccc(Cn2cc(-c3ccc(C)cc3)c3c(c2=O)CCO3)cc1. The third kappa shape index (κ3) is 2.98. The summed E-state index contributed by atoms with van der Waals surface area (Å²) in [5, 5.41) is 0. The molecule has 3 aromatic rings. The Morgan fingerprint density at radius 1 is 0.960 bits per heavy atom. The zero-order chi connectivity index (χ0) is 17.4. The van der Waals surface area contributed by atoms with Crippen LogP contribution in [0.25, 0.3) is 11.1 Å². The molecule has 3 nitrogen and oxygen atoms in total. The van der Waals surface area contributed by atoms with Crippen LogP contribution in [0.4, 0.5) is 0 Å². The van der Waals surface area contributed by atoms with Gasteiger partial charge in [0, 0.05) is 18.2 Å². The number of aryl methyl sites for hydroxylation is 2. The number of hydrogen-bond donors (Lipinski definition) is 0. The molecule has 0 aliphatic carbocycles. The van der Waals surface area contributed by atoms with Gasteiger partial charge in [-0.3, -0.25) is 4.79 Å². The maximum atomic E-state index is 12.9. The minimum atomic E-state index is 0.0592. The monoisotopic (exact) mass is 331 g/mol.